The number of amides is 1. The molecule has 0 fully saturated rings. The Kier molecular flexibility index (Phi) is 5.14. The van der Waals surface area contributed by atoms with E-state index in [9.17, 15) is 9.90 Å². The van der Waals surface area contributed by atoms with E-state index in [4.69, 9.17) is 4.42 Å². The van der Waals surface area contributed by atoms with E-state index in [-0.39, 0.29) is 18.4 Å². The van der Waals surface area contributed by atoms with Crippen molar-refractivity contribution in [1.29, 1.82) is 0 Å². The number of aliphatic hydroxyl groups excluding tert-OH is 1. The molecule has 0 bridgehead atoms. The molecule has 0 radical (unpaired) electrons. The number of rotatable bonds is 6. The maximum atomic E-state index is 12.5. The van der Waals surface area contributed by atoms with Crippen molar-refractivity contribution in [2.45, 2.75) is 20.3 Å². The molecule has 0 saturated heterocycles. The third-order valence-corrected chi connectivity index (χ3v) is 4.40. The number of para-hydroxylation sites is 1. The quantitative estimate of drug-likeness (QED) is 0.724. The summed E-state index contributed by atoms with van der Waals surface area (Å²) in [4.78, 5) is 16.8. The number of nitrogens with one attached hydrogen (secondary N) is 1. The van der Waals surface area contributed by atoms with Gasteiger partial charge in [0.05, 0.1) is 0 Å². The fraction of sp³-hybridized carbons (Fsp3) is 0.300. The van der Waals surface area contributed by atoms with Crippen LogP contribution in [0.4, 0.5) is 0 Å². The van der Waals surface area contributed by atoms with E-state index < -0.39 is 0 Å². The molecule has 1 unspecified atom stereocenters. The van der Waals surface area contributed by atoms with Crippen LogP contribution in [0, 0.1) is 19.8 Å². The highest BCUT2D eigenvalue weighted by atomic mass is 16.3. The van der Waals surface area contributed by atoms with Gasteiger partial charge in [-0.1, -0.05) is 24.3 Å². The predicted octanol–water partition coefficient (Wildman–Crippen LogP) is 3.03. The van der Waals surface area contributed by atoms with E-state index in [1.807, 2.05) is 50.2 Å². The number of carbonyl (C=O) groups excluding carboxylic acids is 1. The van der Waals surface area contributed by atoms with Crippen LogP contribution in [0.5, 0.6) is 0 Å². The van der Waals surface area contributed by atoms with Gasteiger partial charge in [-0.15, -0.1) is 0 Å². The van der Waals surface area contributed by atoms with Crippen LogP contribution in [0.3, 0.4) is 0 Å². The predicted molar refractivity (Wildman–Crippen MR) is 96.5 cm³/mol. The highest BCUT2D eigenvalue weighted by molar-refractivity contribution is 5.99. The first-order valence-electron chi connectivity index (χ1n) is 8.37. The first-order chi connectivity index (χ1) is 12.1. The van der Waals surface area contributed by atoms with Crippen LogP contribution in [0.1, 0.15) is 27.4 Å². The average molecular weight is 338 g/mol. The van der Waals surface area contributed by atoms with Crippen LogP contribution in [-0.4, -0.2) is 29.1 Å². The zero-order valence-electron chi connectivity index (χ0n) is 14.5. The van der Waals surface area contributed by atoms with Gasteiger partial charge in [0.25, 0.3) is 5.91 Å². The Bertz CT molecular complexity index is 871. The van der Waals surface area contributed by atoms with Crippen molar-refractivity contribution in [3.63, 3.8) is 0 Å². The lowest BCUT2D eigenvalue weighted by atomic mass is 10.0. The van der Waals surface area contributed by atoms with E-state index in [2.05, 4.69) is 10.3 Å². The first kappa shape index (κ1) is 17.2. The van der Waals surface area contributed by atoms with Gasteiger partial charge in [0, 0.05) is 41.9 Å². The zero-order chi connectivity index (χ0) is 17.8. The van der Waals surface area contributed by atoms with Crippen LogP contribution >= 0.6 is 0 Å². The number of aromatic nitrogens is 1. The molecule has 0 saturated carbocycles. The molecule has 1 atom stereocenters. The lowest BCUT2D eigenvalue weighted by Crippen LogP contribution is -2.32. The molecule has 2 heterocycles. The summed E-state index contributed by atoms with van der Waals surface area (Å²) >= 11 is 0. The number of hydrogen-bond acceptors (Lipinski definition) is 4. The summed E-state index contributed by atoms with van der Waals surface area (Å²) in [5.74, 6) is -0.0170. The summed E-state index contributed by atoms with van der Waals surface area (Å²) in [7, 11) is 0. The second-order valence-electron chi connectivity index (χ2n) is 6.29. The smallest absolute Gasteiger partial charge is 0.287 e. The third kappa shape index (κ3) is 3.72. The summed E-state index contributed by atoms with van der Waals surface area (Å²) in [6.45, 7) is 4.19. The van der Waals surface area contributed by atoms with Crippen molar-refractivity contribution in [3.05, 3.63) is 65.2 Å². The molecule has 0 aliphatic carbocycles. The van der Waals surface area contributed by atoms with Gasteiger partial charge in [0.1, 0.15) is 5.58 Å². The molecule has 2 aromatic heterocycles. The van der Waals surface area contributed by atoms with E-state index in [0.717, 1.165) is 27.8 Å². The second-order valence-corrected chi connectivity index (χ2v) is 6.29. The fourth-order valence-electron chi connectivity index (χ4n) is 2.93. The number of benzene rings is 1. The van der Waals surface area contributed by atoms with Gasteiger partial charge in [-0.25, -0.2) is 0 Å². The zero-order valence-corrected chi connectivity index (χ0v) is 14.5. The third-order valence-electron chi connectivity index (χ3n) is 4.40. The van der Waals surface area contributed by atoms with Gasteiger partial charge in [0.15, 0.2) is 5.76 Å². The number of furan rings is 1. The maximum absolute atomic E-state index is 12.5. The van der Waals surface area contributed by atoms with Gasteiger partial charge in [-0.05, 0) is 38.0 Å². The van der Waals surface area contributed by atoms with Crippen LogP contribution in [0.15, 0.2) is 47.0 Å². The Labute approximate surface area is 146 Å². The van der Waals surface area contributed by atoms with Crippen LogP contribution in [-0.2, 0) is 6.42 Å². The lowest BCUT2D eigenvalue weighted by molar-refractivity contribution is 0.0913. The lowest BCUT2D eigenvalue weighted by Gasteiger charge is -2.14. The van der Waals surface area contributed by atoms with E-state index in [1.165, 1.54) is 0 Å². The summed E-state index contributed by atoms with van der Waals surface area (Å²) in [6.07, 6.45) is 2.33. The standard InChI is InChI=1S/C20H22N2O3/c1-13-6-5-8-17-14(2)19(25-18(13)17)20(24)22-11-15(12-23)10-16-7-3-4-9-21-16/h3-9,15,23H,10-12H2,1-2H3,(H,22,24). The number of pyridine rings is 1. The molecule has 130 valence electrons. The summed E-state index contributed by atoms with van der Waals surface area (Å²) < 4.78 is 5.79. The van der Waals surface area contributed by atoms with Crippen molar-refractivity contribution in [3.8, 4) is 0 Å². The van der Waals surface area contributed by atoms with Crippen molar-refractivity contribution >= 4 is 16.9 Å². The summed E-state index contributed by atoms with van der Waals surface area (Å²) in [5.41, 5.74) is 3.48. The minimum absolute atomic E-state index is 0.0188. The van der Waals surface area contributed by atoms with E-state index in [0.29, 0.717) is 18.7 Å². The summed E-state index contributed by atoms with van der Waals surface area (Å²) in [5, 5.41) is 13.4. The van der Waals surface area contributed by atoms with Crippen molar-refractivity contribution < 1.29 is 14.3 Å². The molecular weight excluding hydrogens is 316 g/mol. The molecule has 25 heavy (non-hydrogen) atoms. The molecule has 1 amide bonds. The number of fused-ring (bicyclic) bond motifs is 1. The van der Waals surface area contributed by atoms with Gasteiger partial charge in [0.2, 0.25) is 0 Å². The maximum Gasteiger partial charge on any atom is 0.287 e. The molecule has 0 aliphatic rings. The van der Waals surface area contributed by atoms with Gasteiger partial charge in [-0.2, -0.15) is 0 Å². The Morgan fingerprint density at radius 3 is 2.76 bits per heavy atom. The number of aryl methyl sites for hydroxylation is 2. The highest BCUT2D eigenvalue weighted by Gasteiger charge is 2.19. The highest BCUT2D eigenvalue weighted by Crippen LogP contribution is 2.27. The van der Waals surface area contributed by atoms with E-state index >= 15 is 0 Å². The van der Waals surface area contributed by atoms with E-state index in [1.54, 1.807) is 6.20 Å². The number of hydrogen-bond donors (Lipinski definition) is 2. The second kappa shape index (κ2) is 7.49. The van der Waals surface area contributed by atoms with Crippen LogP contribution in [0.2, 0.25) is 0 Å². The minimum atomic E-state index is -0.257. The molecule has 5 heteroatoms. The normalized spacial score (nSPS) is 12.3. The molecule has 2 N–H and O–H groups in total. The van der Waals surface area contributed by atoms with Crippen LogP contribution in [0.25, 0.3) is 11.0 Å². The Morgan fingerprint density at radius 1 is 1.24 bits per heavy atom. The van der Waals surface area contributed by atoms with Crippen LogP contribution < -0.4 is 5.32 Å². The number of nitrogens with zero attached hydrogens (tertiary/aromatic N) is 1. The average Bonchev–Trinajstić information content (AvgIpc) is 2.98. The van der Waals surface area contributed by atoms with Gasteiger partial charge in [-0.3, -0.25) is 9.78 Å². The largest absolute Gasteiger partial charge is 0.450 e. The monoisotopic (exact) mass is 338 g/mol. The molecule has 3 aromatic rings. The molecule has 0 aliphatic heterocycles. The minimum Gasteiger partial charge on any atom is -0.450 e. The van der Waals surface area contributed by atoms with Gasteiger partial charge >= 0.3 is 0 Å². The van der Waals surface area contributed by atoms with Crippen molar-refractivity contribution in [2.75, 3.05) is 13.2 Å². The Hall–Kier alpha value is -2.66. The first-order valence-corrected chi connectivity index (χ1v) is 8.37. The van der Waals surface area contributed by atoms with Crippen molar-refractivity contribution in [2.24, 2.45) is 5.92 Å². The number of carbonyl (C=O) groups is 1. The fourth-order valence-corrected chi connectivity index (χ4v) is 2.93. The van der Waals surface area contributed by atoms with Gasteiger partial charge < -0.3 is 14.8 Å². The Balaban J connectivity index is 1.69. The molecule has 1 aromatic carbocycles. The van der Waals surface area contributed by atoms with Crippen molar-refractivity contribution in [1.82, 2.24) is 10.3 Å². The Morgan fingerprint density at radius 2 is 2.08 bits per heavy atom. The molecule has 5 nitrogen and oxygen atoms in total. The SMILES string of the molecule is Cc1c(C(=O)NCC(CO)Cc2ccccn2)oc2c(C)cccc12. The molecular formula is C20H22N2O3. The number of aliphatic hydroxyl groups is 1. The topological polar surface area (TPSA) is 75.4 Å². The molecule has 3 rings (SSSR count). The molecule has 0 spiro atoms. The summed E-state index contributed by atoms with van der Waals surface area (Å²) in [6, 6.07) is 11.5.